The van der Waals surface area contributed by atoms with Crippen molar-refractivity contribution >= 4 is 40.4 Å². The lowest BCUT2D eigenvalue weighted by Crippen LogP contribution is -2.42. The topological polar surface area (TPSA) is 78.4 Å². The van der Waals surface area contributed by atoms with E-state index in [4.69, 9.17) is 19.7 Å². The highest BCUT2D eigenvalue weighted by molar-refractivity contribution is 14.1. The second-order valence-corrected chi connectivity index (χ2v) is 10.7. The summed E-state index contributed by atoms with van der Waals surface area (Å²) in [6, 6.07) is 7.20. The minimum absolute atomic E-state index is 0.432. The zero-order valence-electron chi connectivity index (χ0n) is 21.4. The molecular formula is C26H40IN7O. The van der Waals surface area contributed by atoms with E-state index in [0.717, 1.165) is 42.1 Å². The van der Waals surface area contributed by atoms with Gasteiger partial charge in [-0.25, -0.2) is 0 Å². The third kappa shape index (κ3) is 7.31. The lowest BCUT2D eigenvalue weighted by Gasteiger charge is -2.35. The van der Waals surface area contributed by atoms with Crippen LogP contribution in [0.5, 0.6) is 5.75 Å². The molecular weight excluding hydrogens is 553 g/mol. The number of likely N-dealkylation sites (tertiary alicyclic amines) is 1. The first-order valence-electron chi connectivity index (χ1n) is 13.0. The molecule has 35 heavy (non-hydrogen) atoms. The van der Waals surface area contributed by atoms with E-state index in [1.807, 2.05) is 6.07 Å². The van der Waals surface area contributed by atoms with Crippen LogP contribution in [0.4, 0.5) is 17.8 Å². The molecule has 2 aromatic rings. The summed E-state index contributed by atoms with van der Waals surface area (Å²) in [5.74, 6) is 2.99. The first-order chi connectivity index (χ1) is 17.1. The monoisotopic (exact) mass is 593 g/mol. The Labute approximate surface area is 223 Å². The Morgan fingerprint density at radius 2 is 1.74 bits per heavy atom. The van der Waals surface area contributed by atoms with Crippen LogP contribution in [-0.2, 0) is 11.0 Å². The van der Waals surface area contributed by atoms with Gasteiger partial charge in [-0.15, -0.1) is 0 Å². The molecule has 0 atom stereocenters. The van der Waals surface area contributed by atoms with E-state index in [9.17, 15) is 0 Å². The molecule has 8 nitrogen and oxygen atoms in total. The molecule has 0 amide bonds. The van der Waals surface area contributed by atoms with E-state index < -0.39 is 0 Å². The van der Waals surface area contributed by atoms with Gasteiger partial charge in [-0.05, 0) is 63.5 Å². The Balaban J connectivity index is 1.53. The van der Waals surface area contributed by atoms with Gasteiger partial charge in [-0.2, -0.15) is 15.0 Å². The van der Waals surface area contributed by atoms with Crippen molar-refractivity contribution in [2.45, 2.75) is 74.4 Å². The summed E-state index contributed by atoms with van der Waals surface area (Å²) in [5.41, 5.74) is 2.38. The van der Waals surface area contributed by atoms with Gasteiger partial charge in [0.2, 0.25) is 17.8 Å². The number of rotatable bonds is 9. The van der Waals surface area contributed by atoms with E-state index in [2.05, 4.69) is 69.3 Å². The lowest BCUT2D eigenvalue weighted by molar-refractivity contribution is 0.252. The first kappa shape index (κ1) is 26.2. The van der Waals surface area contributed by atoms with Crippen molar-refractivity contribution in [3.63, 3.8) is 0 Å². The van der Waals surface area contributed by atoms with Crippen molar-refractivity contribution in [3.8, 4) is 5.75 Å². The summed E-state index contributed by atoms with van der Waals surface area (Å²) < 4.78 is 6.39. The quantitative estimate of drug-likeness (QED) is 0.237. The van der Waals surface area contributed by atoms with Crippen LogP contribution in [0.2, 0.25) is 0 Å². The fourth-order valence-corrected chi connectivity index (χ4v) is 5.64. The number of aromatic nitrogens is 3. The summed E-state index contributed by atoms with van der Waals surface area (Å²) in [5, 5.41) is 7.11. The number of alkyl halides is 1. The summed E-state index contributed by atoms with van der Waals surface area (Å²) in [7, 11) is 6.04. The van der Waals surface area contributed by atoms with E-state index >= 15 is 0 Å². The molecule has 1 aliphatic carbocycles. The van der Waals surface area contributed by atoms with E-state index in [-0.39, 0.29) is 0 Å². The van der Waals surface area contributed by atoms with Crippen molar-refractivity contribution in [1.82, 2.24) is 19.9 Å². The minimum Gasteiger partial charge on any atom is -0.496 e. The van der Waals surface area contributed by atoms with Gasteiger partial charge in [0.25, 0.3) is 0 Å². The molecule has 1 saturated carbocycles. The maximum absolute atomic E-state index is 5.48. The zero-order chi connectivity index (χ0) is 24.6. The van der Waals surface area contributed by atoms with Crippen molar-refractivity contribution in [2.24, 2.45) is 0 Å². The molecule has 4 rings (SSSR count). The third-order valence-corrected chi connectivity index (χ3v) is 8.12. The Hall–Kier alpha value is -1.88. The van der Waals surface area contributed by atoms with Crippen LogP contribution in [0.15, 0.2) is 18.2 Å². The molecule has 1 aliphatic heterocycles. The van der Waals surface area contributed by atoms with Gasteiger partial charge >= 0.3 is 0 Å². The van der Waals surface area contributed by atoms with Gasteiger partial charge in [0.1, 0.15) is 5.75 Å². The Morgan fingerprint density at radius 1 is 1.03 bits per heavy atom. The second-order valence-electron chi connectivity index (χ2n) is 9.89. The second kappa shape index (κ2) is 12.9. The summed E-state index contributed by atoms with van der Waals surface area (Å²) in [6.07, 6.45) is 9.80. The predicted octanol–water partition coefficient (Wildman–Crippen LogP) is 5.09. The summed E-state index contributed by atoms with van der Waals surface area (Å²) in [6.45, 7) is 2.86. The normalized spacial score (nSPS) is 18.2. The van der Waals surface area contributed by atoms with Gasteiger partial charge in [0, 0.05) is 35.7 Å². The fourth-order valence-electron chi connectivity index (χ4n) is 5.05. The standard InChI is InChI=1S/C26H40IN7O/c1-33-14-12-22(13-15-33)34(2)26-31-24(28-18-19-10-11-23(35-3)20(16-19)17-27)30-25(32-26)29-21-8-6-4-5-7-9-21/h10-11,16,21-22H,4-9,12-15,17-18H2,1-3H3,(H2,28,29,30,31,32). The zero-order valence-corrected chi connectivity index (χ0v) is 23.6. The fraction of sp³-hybridized carbons (Fsp3) is 0.654. The minimum atomic E-state index is 0.432. The average Bonchev–Trinajstić information content (AvgIpc) is 3.15. The molecule has 9 heteroatoms. The molecule has 2 N–H and O–H groups in total. The highest BCUT2D eigenvalue weighted by Gasteiger charge is 2.24. The highest BCUT2D eigenvalue weighted by atomic mass is 127. The highest BCUT2D eigenvalue weighted by Crippen LogP contribution is 2.25. The summed E-state index contributed by atoms with van der Waals surface area (Å²) in [4.78, 5) is 19.1. The molecule has 0 bridgehead atoms. The molecule has 1 aromatic heterocycles. The number of ether oxygens (including phenoxy) is 1. The van der Waals surface area contributed by atoms with E-state index in [0.29, 0.717) is 30.5 Å². The Bertz CT molecular complexity index is 943. The van der Waals surface area contributed by atoms with E-state index in [1.54, 1.807) is 7.11 Å². The molecule has 1 saturated heterocycles. The van der Waals surface area contributed by atoms with Crippen LogP contribution in [0.25, 0.3) is 0 Å². The number of methoxy groups -OCH3 is 1. The van der Waals surface area contributed by atoms with Crippen LogP contribution >= 0.6 is 22.6 Å². The molecule has 2 heterocycles. The van der Waals surface area contributed by atoms with Crippen molar-refractivity contribution in [2.75, 3.05) is 49.8 Å². The van der Waals surface area contributed by atoms with Gasteiger partial charge in [-0.1, -0.05) is 54.3 Å². The predicted molar refractivity (Wildman–Crippen MR) is 152 cm³/mol. The van der Waals surface area contributed by atoms with Crippen LogP contribution in [0.3, 0.4) is 0 Å². The summed E-state index contributed by atoms with van der Waals surface area (Å²) >= 11 is 2.38. The molecule has 0 radical (unpaired) electrons. The molecule has 192 valence electrons. The molecule has 2 aliphatic rings. The van der Waals surface area contributed by atoms with Crippen LogP contribution in [0, 0.1) is 0 Å². The molecule has 2 fully saturated rings. The number of nitrogens with one attached hydrogen (secondary N) is 2. The SMILES string of the molecule is COc1ccc(CNc2nc(NC3CCCCCC3)nc(N(C)C3CCN(C)CC3)n2)cc1CI. The lowest BCUT2D eigenvalue weighted by atomic mass is 10.0. The Morgan fingerprint density at radius 3 is 2.43 bits per heavy atom. The van der Waals surface area contributed by atoms with Gasteiger partial charge < -0.3 is 25.2 Å². The van der Waals surface area contributed by atoms with Crippen LogP contribution in [-0.4, -0.2) is 66.2 Å². The molecule has 0 unspecified atom stereocenters. The van der Waals surface area contributed by atoms with Gasteiger partial charge in [0.05, 0.1) is 7.11 Å². The number of hydrogen-bond donors (Lipinski definition) is 2. The van der Waals surface area contributed by atoms with Gasteiger partial charge in [0.15, 0.2) is 0 Å². The number of anilines is 3. The largest absolute Gasteiger partial charge is 0.496 e. The van der Waals surface area contributed by atoms with Crippen LogP contribution < -0.4 is 20.3 Å². The first-order valence-corrected chi connectivity index (χ1v) is 14.5. The Kier molecular flexibility index (Phi) is 9.65. The third-order valence-electron chi connectivity index (χ3n) is 7.30. The number of piperidine rings is 1. The maximum atomic E-state index is 5.48. The van der Waals surface area contributed by atoms with Crippen molar-refractivity contribution in [3.05, 3.63) is 29.3 Å². The smallest absolute Gasteiger partial charge is 0.231 e. The number of hydrogen-bond acceptors (Lipinski definition) is 8. The number of benzene rings is 1. The van der Waals surface area contributed by atoms with Crippen LogP contribution in [0.1, 0.15) is 62.5 Å². The molecule has 0 spiro atoms. The van der Waals surface area contributed by atoms with Crippen molar-refractivity contribution < 1.29 is 4.74 Å². The van der Waals surface area contributed by atoms with Gasteiger partial charge in [-0.3, -0.25) is 0 Å². The average molecular weight is 594 g/mol. The number of halogens is 1. The number of nitrogens with zero attached hydrogens (tertiary/aromatic N) is 5. The van der Waals surface area contributed by atoms with Crippen molar-refractivity contribution in [1.29, 1.82) is 0 Å². The molecule has 1 aromatic carbocycles. The van der Waals surface area contributed by atoms with E-state index in [1.165, 1.54) is 49.7 Å². The maximum Gasteiger partial charge on any atom is 0.231 e.